The fourth-order valence-electron chi connectivity index (χ4n) is 5.32. The van der Waals surface area contributed by atoms with E-state index in [0.29, 0.717) is 25.7 Å². The van der Waals surface area contributed by atoms with E-state index in [1.807, 2.05) is 0 Å². The Morgan fingerprint density at radius 2 is 0.791 bits per heavy atom. The number of aliphatic hydroxyl groups is 1. The first kappa shape index (κ1) is 41.3. The molecule has 0 bridgehead atoms. The Morgan fingerprint density at radius 3 is 1.14 bits per heavy atom. The number of allylic oxidation sites excluding steroid dienone is 8. The summed E-state index contributed by atoms with van der Waals surface area (Å²) in [4.78, 5) is 24.8. The summed E-state index contributed by atoms with van der Waals surface area (Å²) in [5.41, 5.74) is 0. The third kappa shape index (κ3) is 33.0. The summed E-state index contributed by atoms with van der Waals surface area (Å²) >= 11 is 0. The maximum atomic E-state index is 12.4. The predicted octanol–water partition coefficient (Wildman–Crippen LogP) is 12.1. The molecule has 0 rings (SSSR count). The topological polar surface area (TPSA) is 54.4 Å². The Hall–Kier alpha value is -1.74. The molecule has 0 amide bonds. The van der Waals surface area contributed by atoms with Gasteiger partial charge in [-0.15, -0.1) is 0 Å². The molecular formula is C40H70O3. The highest BCUT2D eigenvalue weighted by Gasteiger charge is 2.16. The molecule has 0 saturated heterocycles. The molecule has 43 heavy (non-hydrogen) atoms. The normalized spacial score (nSPS) is 12.3. The minimum Gasteiger partial charge on any atom is -0.396 e. The minimum absolute atomic E-state index is 0.0676. The van der Waals surface area contributed by atoms with Gasteiger partial charge in [-0.1, -0.05) is 127 Å². The molecule has 0 fully saturated rings. The molecule has 0 aliphatic rings. The van der Waals surface area contributed by atoms with Crippen LogP contribution in [0.2, 0.25) is 0 Å². The van der Waals surface area contributed by atoms with Crippen LogP contribution in [0, 0.1) is 5.92 Å². The van der Waals surface area contributed by atoms with Gasteiger partial charge < -0.3 is 5.11 Å². The zero-order chi connectivity index (χ0) is 31.5. The molecule has 0 atom stereocenters. The molecule has 0 radical (unpaired) electrons. The van der Waals surface area contributed by atoms with Crippen LogP contribution in [0.1, 0.15) is 181 Å². The van der Waals surface area contributed by atoms with Crippen LogP contribution in [-0.2, 0) is 9.59 Å². The predicted molar refractivity (Wildman–Crippen MR) is 189 cm³/mol. The average Bonchev–Trinajstić information content (AvgIpc) is 3.00. The fraction of sp³-hybridized carbons (Fsp3) is 0.750. The van der Waals surface area contributed by atoms with Gasteiger partial charge in [0.2, 0.25) is 0 Å². The van der Waals surface area contributed by atoms with Gasteiger partial charge in [0.05, 0.1) is 0 Å². The van der Waals surface area contributed by atoms with Crippen molar-refractivity contribution < 1.29 is 14.7 Å². The number of ketones is 2. The molecule has 248 valence electrons. The van der Waals surface area contributed by atoms with Crippen LogP contribution >= 0.6 is 0 Å². The Kier molecular flexibility index (Phi) is 33.3. The molecule has 0 heterocycles. The third-order valence-corrected chi connectivity index (χ3v) is 8.10. The van der Waals surface area contributed by atoms with Gasteiger partial charge in [0, 0.05) is 32.3 Å². The zero-order valence-electron chi connectivity index (χ0n) is 28.6. The van der Waals surface area contributed by atoms with E-state index in [1.165, 1.54) is 89.9 Å². The van der Waals surface area contributed by atoms with Gasteiger partial charge in [0.15, 0.2) is 0 Å². The summed E-state index contributed by atoms with van der Waals surface area (Å²) in [5, 5.41) is 9.71. The van der Waals surface area contributed by atoms with Crippen molar-refractivity contribution in [2.45, 2.75) is 181 Å². The van der Waals surface area contributed by atoms with Crippen molar-refractivity contribution in [3.63, 3.8) is 0 Å². The maximum absolute atomic E-state index is 12.4. The van der Waals surface area contributed by atoms with Crippen LogP contribution in [0.4, 0.5) is 0 Å². The molecule has 0 aliphatic carbocycles. The lowest BCUT2D eigenvalue weighted by Crippen LogP contribution is -2.16. The number of carbonyl (C=O) groups excluding carboxylic acids is 2. The largest absolute Gasteiger partial charge is 0.396 e. The number of rotatable bonds is 33. The standard InChI is InChI=1S/C40H70O3/c1-3-5-7-9-11-13-15-17-19-21-23-25-27-29-31-33-39(42)35-38(37-41)36-40(43)34-32-30-28-26-24-22-20-18-16-14-12-10-8-6-4-2/h11-14,17-20,38,41H,3-10,15-16,21-37H2,1-2H3/b13-11-,14-12-,19-17-,20-18-. The Labute approximate surface area is 267 Å². The molecule has 0 aliphatic heterocycles. The molecule has 0 unspecified atom stereocenters. The van der Waals surface area contributed by atoms with Crippen molar-refractivity contribution in [2.24, 2.45) is 5.92 Å². The second kappa shape index (κ2) is 34.7. The van der Waals surface area contributed by atoms with Gasteiger partial charge in [0.25, 0.3) is 0 Å². The molecule has 0 saturated carbocycles. The summed E-state index contributed by atoms with van der Waals surface area (Å²) in [7, 11) is 0. The molecule has 0 aromatic rings. The monoisotopic (exact) mass is 599 g/mol. The summed E-state index contributed by atoms with van der Waals surface area (Å²) in [6.07, 6.45) is 46.1. The number of unbranched alkanes of at least 4 members (excludes halogenated alkanes) is 16. The van der Waals surface area contributed by atoms with Gasteiger partial charge in [-0.05, 0) is 83.0 Å². The Bertz CT molecular complexity index is 670. The molecular weight excluding hydrogens is 528 g/mol. The average molecular weight is 599 g/mol. The van der Waals surface area contributed by atoms with E-state index in [1.54, 1.807) is 0 Å². The van der Waals surface area contributed by atoms with Crippen molar-refractivity contribution >= 4 is 11.6 Å². The summed E-state index contributed by atoms with van der Waals surface area (Å²) in [6.45, 7) is 4.42. The highest BCUT2D eigenvalue weighted by Crippen LogP contribution is 2.16. The fourth-order valence-corrected chi connectivity index (χ4v) is 5.32. The van der Waals surface area contributed by atoms with Crippen LogP contribution in [-0.4, -0.2) is 23.3 Å². The lowest BCUT2D eigenvalue weighted by atomic mass is 9.93. The first-order valence-electron chi connectivity index (χ1n) is 18.4. The van der Waals surface area contributed by atoms with Crippen LogP contribution in [0.25, 0.3) is 0 Å². The summed E-state index contributed by atoms with van der Waals surface area (Å²) in [5.74, 6) is 0.208. The van der Waals surface area contributed by atoms with E-state index in [2.05, 4.69) is 62.5 Å². The summed E-state index contributed by atoms with van der Waals surface area (Å²) in [6, 6.07) is 0. The van der Waals surface area contributed by atoms with Gasteiger partial charge in [-0.25, -0.2) is 0 Å². The van der Waals surface area contributed by atoms with Gasteiger partial charge in [0.1, 0.15) is 11.6 Å². The minimum atomic E-state index is -0.198. The second-order valence-corrected chi connectivity index (χ2v) is 12.5. The SMILES string of the molecule is CCCCC/C=C\C/C=C\CCCCCCCC(=O)CC(CO)CC(=O)CCCCCCC/C=C\C/C=C\CCCCC. The van der Waals surface area contributed by atoms with E-state index in [0.717, 1.165) is 51.4 Å². The highest BCUT2D eigenvalue weighted by molar-refractivity contribution is 5.81. The number of aliphatic hydroxyl groups excluding tert-OH is 1. The van der Waals surface area contributed by atoms with Crippen LogP contribution in [0.5, 0.6) is 0 Å². The van der Waals surface area contributed by atoms with Crippen LogP contribution in [0.3, 0.4) is 0 Å². The number of carbonyl (C=O) groups is 2. The van der Waals surface area contributed by atoms with Crippen molar-refractivity contribution in [1.29, 1.82) is 0 Å². The first-order valence-corrected chi connectivity index (χ1v) is 18.4. The zero-order valence-corrected chi connectivity index (χ0v) is 28.6. The Balaban J connectivity index is 3.66. The molecule has 3 heteroatoms. The maximum Gasteiger partial charge on any atom is 0.133 e. The summed E-state index contributed by atoms with van der Waals surface area (Å²) < 4.78 is 0. The van der Waals surface area contributed by atoms with Gasteiger partial charge in [-0.3, -0.25) is 9.59 Å². The molecule has 0 spiro atoms. The lowest BCUT2D eigenvalue weighted by molar-refractivity contribution is -0.122. The molecule has 0 aromatic heterocycles. The molecule has 0 aromatic carbocycles. The van der Waals surface area contributed by atoms with Crippen molar-refractivity contribution in [1.82, 2.24) is 0 Å². The van der Waals surface area contributed by atoms with E-state index in [9.17, 15) is 14.7 Å². The van der Waals surface area contributed by atoms with E-state index >= 15 is 0 Å². The smallest absolute Gasteiger partial charge is 0.133 e. The van der Waals surface area contributed by atoms with Crippen molar-refractivity contribution in [3.8, 4) is 0 Å². The van der Waals surface area contributed by atoms with Gasteiger partial charge in [-0.2, -0.15) is 0 Å². The second-order valence-electron chi connectivity index (χ2n) is 12.5. The molecule has 1 N–H and O–H groups in total. The van der Waals surface area contributed by atoms with E-state index in [4.69, 9.17) is 0 Å². The van der Waals surface area contributed by atoms with E-state index in [-0.39, 0.29) is 24.1 Å². The number of Topliss-reactive ketones (excluding diaryl/α,β-unsaturated/α-hetero) is 2. The Morgan fingerprint density at radius 1 is 0.465 bits per heavy atom. The first-order chi connectivity index (χ1) is 21.1. The van der Waals surface area contributed by atoms with Crippen molar-refractivity contribution in [2.75, 3.05) is 6.61 Å². The quantitative estimate of drug-likeness (QED) is 0.0604. The van der Waals surface area contributed by atoms with Crippen LogP contribution < -0.4 is 0 Å². The lowest BCUT2D eigenvalue weighted by Gasteiger charge is -2.12. The molecule has 3 nitrogen and oxygen atoms in total. The highest BCUT2D eigenvalue weighted by atomic mass is 16.3. The van der Waals surface area contributed by atoms with E-state index < -0.39 is 0 Å². The van der Waals surface area contributed by atoms with Crippen molar-refractivity contribution in [3.05, 3.63) is 48.6 Å². The van der Waals surface area contributed by atoms with Gasteiger partial charge >= 0.3 is 0 Å². The number of hydrogen-bond acceptors (Lipinski definition) is 3. The van der Waals surface area contributed by atoms with Crippen LogP contribution in [0.15, 0.2) is 48.6 Å². The number of hydrogen-bond donors (Lipinski definition) is 1. The third-order valence-electron chi connectivity index (χ3n) is 8.10.